The number of nitrogens with two attached hydrogens (primary N) is 1. The average Bonchev–Trinajstić information content (AvgIpc) is 3.03. The Morgan fingerprint density at radius 3 is 2.54 bits per heavy atom. The second-order valence-electron chi connectivity index (χ2n) is 8.04. The fourth-order valence-electron chi connectivity index (χ4n) is 4.76. The van der Waals surface area contributed by atoms with Crippen LogP contribution in [-0.4, -0.2) is 61.0 Å². The normalized spacial score (nSPS) is 22.1. The van der Waals surface area contributed by atoms with Crippen LogP contribution in [0.4, 0.5) is 5.69 Å². The zero-order valence-electron chi connectivity index (χ0n) is 15.8. The van der Waals surface area contributed by atoms with E-state index in [9.17, 15) is 4.79 Å². The number of benzene rings is 1. The number of hydrogen-bond donors (Lipinski definition) is 1. The number of rotatable bonds is 5. The van der Waals surface area contributed by atoms with Gasteiger partial charge in [-0.15, -0.1) is 0 Å². The highest BCUT2D eigenvalue weighted by molar-refractivity contribution is 5.99. The van der Waals surface area contributed by atoms with Crippen LogP contribution in [0.25, 0.3) is 0 Å². The van der Waals surface area contributed by atoms with E-state index in [0.717, 1.165) is 57.8 Å². The fourth-order valence-corrected chi connectivity index (χ4v) is 4.76. The smallest absolute Gasteiger partial charge is 0.254 e. The predicted octanol–water partition coefficient (Wildman–Crippen LogP) is 2.45. The minimum atomic E-state index is 0.255. The molecule has 26 heavy (non-hydrogen) atoms. The van der Waals surface area contributed by atoms with Gasteiger partial charge in [0.05, 0.1) is 0 Å². The molecule has 1 aromatic carbocycles. The van der Waals surface area contributed by atoms with E-state index in [1.807, 2.05) is 0 Å². The molecule has 0 aromatic heterocycles. The lowest BCUT2D eigenvalue weighted by molar-refractivity contribution is 0.0660. The van der Waals surface area contributed by atoms with Crippen molar-refractivity contribution in [3.05, 3.63) is 29.3 Å². The molecular formula is C21H32N4O. The van der Waals surface area contributed by atoms with Gasteiger partial charge in [-0.3, -0.25) is 9.69 Å². The Bertz CT molecular complexity index is 633. The molecule has 1 saturated heterocycles. The second kappa shape index (κ2) is 7.97. The monoisotopic (exact) mass is 356 g/mol. The maximum Gasteiger partial charge on any atom is 0.254 e. The first-order valence-electron chi connectivity index (χ1n) is 10.4. The van der Waals surface area contributed by atoms with E-state index in [2.05, 4.69) is 32.9 Å². The molecule has 4 rings (SSSR count). The molecule has 0 bridgehead atoms. The highest BCUT2D eigenvalue weighted by atomic mass is 16.2. The molecule has 5 heteroatoms. The van der Waals surface area contributed by atoms with E-state index in [-0.39, 0.29) is 5.91 Å². The van der Waals surface area contributed by atoms with Crippen LogP contribution in [0.15, 0.2) is 18.2 Å². The Balaban J connectivity index is 1.41. The van der Waals surface area contributed by atoms with Crippen molar-refractivity contribution < 1.29 is 4.79 Å². The van der Waals surface area contributed by atoms with Gasteiger partial charge in [-0.2, -0.15) is 0 Å². The number of amides is 1. The summed E-state index contributed by atoms with van der Waals surface area (Å²) in [4.78, 5) is 19.9. The van der Waals surface area contributed by atoms with Gasteiger partial charge in [0.2, 0.25) is 0 Å². The number of carbonyl (C=O) groups excluding carboxylic acids is 1. The van der Waals surface area contributed by atoms with Crippen molar-refractivity contribution in [2.24, 2.45) is 5.73 Å². The Labute approximate surface area is 157 Å². The minimum absolute atomic E-state index is 0.255. The van der Waals surface area contributed by atoms with Crippen LogP contribution in [0.5, 0.6) is 0 Å². The average molecular weight is 357 g/mol. The van der Waals surface area contributed by atoms with Crippen molar-refractivity contribution in [3.8, 4) is 0 Å². The third kappa shape index (κ3) is 3.60. The molecule has 142 valence electrons. The van der Waals surface area contributed by atoms with Crippen molar-refractivity contribution in [1.82, 2.24) is 9.80 Å². The molecule has 0 spiro atoms. The number of anilines is 1. The van der Waals surface area contributed by atoms with Gasteiger partial charge in [0, 0.05) is 50.0 Å². The summed E-state index contributed by atoms with van der Waals surface area (Å²) in [6, 6.07) is 6.94. The predicted molar refractivity (Wildman–Crippen MR) is 106 cm³/mol. The number of piperazine rings is 1. The van der Waals surface area contributed by atoms with Crippen molar-refractivity contribution in [3.63, 3.8) is 0 Å². The summed E-state index contributed by atoms with van der Waals surface area (Å²) in [5.41, 5.74) is 9.06. The summed E-state index contributed by atoms with van der Waals surface area (Å²) in [5.74, 6) is 0.255. The summed E-state index contributed by atoms with van der Waals surface area (Å²) >= 11 is 0. The van der Waals surface area contributed by atoms with Crippen LogP contribution < -0.4 is 10.6 Å². The molecule has 2 aliphatic heterocycles. The van der Waals surface area contributed by atoms with E-state index >= 15 is 0 Å². The van der Waals surface area contributed by atoms with Gasteiger partial charge in [0.15, 0.2) is 0 Å². The number of carbonyl (C=O) groups is 1. The quantitative estimate of drug-likeness (QED) is 0.880. The Hall–Kier alpha value is -1.59. The number of nitrogens with zero attached hydrogens (tertiary/aromatic N) is 3. The Morgan fingerprint density at radius 1 is 1.04 bits per heavy atom. The molecular weight excluding hydrogens is 324 g/mol. The molecule has 1 saturated carbocycles. The second-order valence-corrected chi connectivity index (χ2v) is 8.04. The van der Waals surface area contributed by atoms with Crippen LogP contribution in [0.1, 0.15) is 54.4 Å². The Kier molecular flexibility index (Phi) is 5.46. The van der Waals surface area contributed by atoms with Crippen molar-refractivity contribution >= 4 is 11.6 Å². The standard InChI is InChI=1S/C21H32N4O/c22-9-4-10-23-11-13-24(14-12-23)19-7-8-20-17(15-19)16-25(21(20)26)18-5-2-1-3-6-18/h7-8,15,18H,1-6,9-14,16,22H2. The molecule has 5 nitrogen and oxygen atoms in total. The molecule has 2 heterocycles. The summed E-state index contributed by atoms with van der Waals surface area (Å²) in [5, 5.41) is 0. The molecule has 0 atom stereocenters. The molecule has 2 fully saturated rings. The van der Waals surface area contributed by atoms with E-state index in [4.69, 9.17) is 5.73 Å². The zero-order chi connectivity index (χ0) is 17.9. The highest BCUT2D eigenvalue weighted by Crippen LogP contribution is 2.33. The maximum absolute atomic E-state index is 12.8. The first-order chi connectivity index (χ1) is 12.8. The van der Waals surface area contributed by atoms with Gasteiger partial charge in [-0.25, -0.2) is 0 Å². The van der Waals surface area contributed by atoms with Crippen LogP contribution in [0, 0.1) is 0 Å². The van der Waals surface area contributed by atoms with Crippen molar-refractivity contribution in [2.75, 3.05) is 44.2 Å². The third-order valence-electron chi connectivity index (χ3n) is 6.35. The summed E-state index contributed by atoms with van der Waals surface area (Å²) in [6.45, 7) is 7.01. The van der Waals surface area contributed by atoms with E-state index in [0.29, 0.717) is 6.04 Å². The molecule has 1 aliphatic carbocycles. The van der Waals surface area contributed by atoms with Crippen LogP contribution in [0.3, 0.4) is 0 Å². The van der Waals surface area contributed by atoms with Gasteiger partial charge in [-0.05, 0) is 56.1 Å². The SMILES string of the molecule is NCCCN1CCN(c2ccc3c(c2)CN(C2CCCCC2)C3=O)CC1. The lowest BCUT2D eigenvalue weighted by Crippen LogP contribution is -2.46. The molecule has 3 aliphatic rings. The van der Waals surface area contributed by atoms with Gasteiger partial charge in [0.25, 0.3) is 5.91 Å². The van der Waals surface area contributed by atoms with Crippen molar-refractivity contribution in [2.45, 2.75) is 51.1 Å². The number of fused-ring (bicyclic) bond motifs is 1. The molecule has 1 amide bonds. The van der Waals surface area contributed by atoms with E-state index < -0.39 is 0 Å². The largest absolute Gasteiger partial charge is 0.369 e. The van der Waals surface area contributed by atoms with Gasteiger partial charge in [-0.1, -0.05) is 19.3 Å². The maximum atomic E-state index is 12.8. The fraction of sp³-hybridized carbons (Fsp3) is 0.667. The topological polar surface area (TPSA) is 52.8 Å². The van der Waals surface area contributed by atoms with Gasteiger partial charge in [0.1, 0.15) is 0 Å². The molecule has 0 unspecified atom stereocenters. The Morgan fingerprint density at radius 2 is 1.81 bits per heavy atom. The van der Waals surface area contributed by atoms with Crippen LogP contribution in [0.2, 0.25) is 0 Å². The molecule has 1 aromatic rings. The third-order valence-corrected chi connectivity index (χ3v) is 6.35. The van der Waals surface area contributed by atoms with E-state index in [1.54, 1.807) is 0 Å². The molecule has 2 N–H and O–H groups in total. The van der Waals surface area contributed by atoms with Crippen LogP contribution >= 0.6 is 0 Å². The van der Waals surface area contributed by atoms with Crippen molar-refractivity contribution in [1.29, 1.82) is 0 Å². The lowest BCUT2D eigenvalue weighted by Gasteiger charge is -2.36. The molecule has 0 radical (unpaired) electrons. The zero-order valence-corrected chi connectivity index (χ0v) is 15.8. The first-order valence-corrected chi connectivity index (χ1v) is 10.4. The lowest BCUT2D eigenvalue weighted by atomic mass is 9.94. The highest BCUT2D eigenvalue weighted by Gasteiger charge is 2.33. The van der Waals surface area contributed by atoms with E-state index in [1.165, 1.54) is 43.4 Å². The summed E-state index contributed by atoms with van der Waals surface area (Å²) in [6.07, 6.45) is 7.30. The van der Waals surface area contributed by atoms with Crippen LogP contribution in [-0.2, 0) is 6.54 Å². The van der Waals surface area contributed by atoms with Gasteiger partial charge >= 0.3 is 0 Å². The summed E-state index contributed by atoms with van der Waals surface area (Å²) < 4.78 is 0. The summed E-state index contributed by atoms with van der Waals surface area (Å²) in [7, 11) is 0. The number of hydrogen-bond acceptors (Lipinski definition) is 4. The first kappa shape index (κ1) is 17.8. The minimum Gasteiger partial charge on any atom is -0.369 e. The van der Waals surface area contributed by atoms with Gasteiger partial charge < -0.3 is 15.5 Å².